The van der Waals surface area contributed by atoms with Gasteiger partial charge in [-0.2, -0.15) is 0 Å². The summed E-state index contributed by atoms with van der Waals surface area (Å²) in [6.45, 7) is 5.61. The molecule has 3 fully saturated rings. The lowest BCUT2D eigenvalue weighted by atomic mass is 9.76. The van der Waals surface area contributed by atoms with Gasteiger partial charge in [-0.15, -0.1) is 0 Å². The molecule has 5 nitrogen and oxygen atoms in total. The van der Waals surface area contributed by atoms with E-state index in [9.17, 15) is 10.2 Å². The molecule has 5 heteroatoms. The van der Waals surface area contributed by atoms with Crippen LogP contribution < -0.4 is 0 Å². The normalized spacial score (nSPS) is 47.0. The molecule has 20 heavy (non-hydrogen) atoms. The molecular weight excluding hydrogens is 260 g/mol. The zero-order chi connectivity index (χ0) is 14.5. The molecule has 1 aliphatic carbocycles. The van der Waals surface area contributed by atoms with Gasteiger partial charge < -0.3 is 24.4 Å². The lowest BCUT2D eigenvalue weighted by Crippen LogP contribution is -2.63. The third kappa shape index (κ3) is 2.40. The number of hydrogen-bond donors (Lipinski definition) is 2. The fraction of sp³-hybridized carbons (Fsp3) is 1.00. The van der Waals surface area contributed by atoms with Gasteiger partial charge in [0.2, 0.25) is 0 Å². The molecule has 0 aromatic carbocycles. The third-order valence-electron chi connectivity index (χ3n) is 4.88. The van der Waals surface area contributed by atoms with E-state index >= 15 is 0 Å². The molecule has 2 saturated heterocycles. The summed E-state index contributed by atoms with van der Waals surface area (Å²) in [7, 11) is 0. The number of rotatable bonds is 1. The van der Waals surface area contributed by atoms with Crippen molar-refractivity contribution in [3.8, 4) is 0 Å². The first kappa shape index (κ1) is 14.7. The highest BCUT2D eigenvalue weighted by Gasteiger charge is 2.57. The van der Waals surface area contributed by atoms with Crippen LogP contribution in [-0.4, -0.2) is 52.1 Å². The Morgan fingerprint density at radius 2 is 1.60 bits per heavy atom. The zero-order valence-corrected chi connectivity index (χ0v) is 12.5. The highest BCUT2D eigenvalue weighted by molar-refractivity contribution is 5.04. The van der Waals surface area contributed by atoms with E-state index in [1.807, 2.05) is 20.8 Å². The van der Waals surface area contributed by atoms with Crippen molar-refractivity contribution in [3.05, 3.63) is 0 Å². The Morgan fingerprint density at radius 3 is 2.25 bits per heavy atom. The van der Waals surface area contributed by atoms with Gasteiger partial charge in [0.25, 0.3) is 0 Å². The standard InChI is InChI=1S/C15H26O5/c1-9-11-12(20-14(2,3)19-11)10(16)13(18-9)15(17)7-5-4-6-8-15/h9-13,16-17H,4-8H2,1-3H3/t9-,10-,11+,12-,13+/m0/s1. The first-order valence-corrected chi connectivity index (χ1v) is 7.74. The minimum absolute atomic E-state index is 0.193. The summed E-state index contributed by atoms with van der Waals surface area (Å²) in [6.07, 6.45) is 2.14. The molecule has 3 rings (SSSR count). The molecule has 116 valence electrons. The molecule has 2 aliphatic heterocycles. The van der Waals surface area contributed by atoms with Crippen LogP contribution in [0.5, 0.6) is 0 Å². The van der Waals surface area contributed by atoms with Crippen molar-refractivity contribution < 1.29 is 24.4 Å². The lowest BCUT2D eigenvalue weighted by Gasteiger charge is -2.47. The molecular formula is C15H26O5. The van der Waals surface area contributed by atoms with Crippen LogP contribution in [0, 0.1) is 0 Å². The van der Waals surface area contributed by atoms with E-state index in [2.05, 4.69) is 0 Å². The van der Waals surface area contributed by atoms with E-state index < -0.39 is 29.7 Å². The minimum atomic E-state index is -0.938. The van der Waals surface area contributed by atoms with E-state index in [0.29, 0.717) is 12.8 Å². The van der Waals surface area contributed by atoms with Crippen molar-refractivity contribution in [2.24, 2.45) is 0 Å². The summed E-state index contributed by atoms with van der Waals surface area (Å²) in [5.41, 5.74) is -0.938. The second-order valence-corrected chi connectivity index (χ2v) is 6.98. The van der Waals surface area contributed by atoms with Gasteiger partial charge in [0.05, 0.1) is 11.7 Å². The van der Waals surface area contributed by atoms with Crippen LogP contribution in [0.1, 0.15) is 52.9 Å². The predicted molar refractivity (Wildman–Crippen MR) is 72.2 cm³/mol. The maximum absolute atomic E-state index is 10.9. The quantitative estimate of drug-likeness (QED) is 0.761. The van der Waals surface area contributed by atoms with Gasteiger partial charge in [-0.05, 0) is 33.6 Å². The van der Waals surface area contributed by atoms with Crippen LogP contribution in [-0.2, 0) is 14.2 Å². The van der Waals surface area contributed by atoms with Gasteiger partial charge in [0.15, 0.2) is 5.79 Å². The number of fused-ring (bicyclic) bond motifs is 1. The molecule has 0 radical (unpaired) electrons. The van der Waals surface area contributed by atoms with Gasteiger partial charge in [-0.25, -0.2) is 0 Å². The second-order valence-electron chi connectivity index (χ2n) is 6.98. The Bertz CT molecular complexity index is 363. The fourth-order valence-electron chi connectivity index (χ4n) is 3.90. The van der Waals surface area contributed by atoms with E-state index in [1.165, 1.54) is 0 Å². The average Bonchev–Trinajstić information content (AvgIpc) is 2.71. The van der Waals surface area contributed by atoms with Crippen LogP contribution in [0.15, 0.2) is 0 Å². The second kappa shape index (κ2) is 4.92. The molecule has 1 saturated carbocycles. The molecule has 5 atom stereocenters. The van der Waals surface area contributed by atoms with E-state index in [4.69, 9.17) is 14.2 Å². The van der Waals surface area contributed by atoms with Gasteiger partial charge >= 0.3 is 0 Å². The number of ether oxygens (including phenoxy) is 3. The molecule has 0 unspecified atom stereocenters. The summed E-state index contributed by atoms with van der Waals surface area (Å²) >= 11 is 0. The van der Waals surface area contributed by atoms with Crippen molar-refractivity contribution in [1.29, 1.82) is 0 Å². The number of aliphatic hydroxyl groups excluding tert-OH is 1. The maximum atomic E-state index is 10.9. The van der Waals surface area contributed by atoms with Crippen molar-refractivity contribution in [2.75, 3.05) is 0 Å². The molecule has 0 spiro atoms. The summed E-state index contributed by atoms with van der Waals surface area (Å²) < 4.78 is 17.6. The Labute approximate surface area is 120 Å². The Hall–Kier alpha value is -0.200. The van der Waals surface area contributed by atoms with E-state index in [1.54, 1.807) is 0 Å². The summed E-state index contributed by atoms with van der Waals surface area (Å²) in [5, 5.41) is 21.5. The zero-order valence-electron chi connectivity index (χ0n) is 12.5. The van der Waals surface area contributed by atoms with Gasteiger partial charge in [0, 0.05) is 0 Å². The van der Waals surface area contributed by atoms with Gasteiger partial charge in [0.1, 0.15) is 24.4 Å². The first-order chi connectivity index (χ1) is 9.32. The van der Waals surface area contributed by atoms with Crippen molar-refractivity contribution in [2.45, 2.75) is 94.8 Å². The van der Waals surface area contributed by atoms with Crippen molar-refractivity contribution >= 4 is 0 Å². The summed E-state index contributed by atoms with van der Waals surface area (Å²) in [4.78, 5) is 0. The topological polar surface area (TPSA) is 68.2 Å². The monoisotopic (exact) mass is 286 g/mol. The highest BCUT2D eigenvalue weighted by atomic mass is 16.8. The molecule has 3 aliphatic rings. The molecule has 0 bridgehead atoms. The number of aliphatic hydroxyl groups is 2. The summed E-state index contributed by atoms with van der Waals surface area (Å²) in [5.74, 6) is -0.710. The SMILES string of the molecule is C[C@@H]1O[C@@H](C2(O)CCCCC2)[C@@H](O)[C@@H]2OC(C)(C)O[C@@H]21. The Kier molecular flexibility index (Phi) is 3.62. The van der Waals surface area contributed by atoms with Gasteiger partial charge in [-0.3, -0.25) is 0 Å². The van der Waals surface area contributed by atoms with Crippen molar-refractivity contribution in [3.63, 3.8) is 0 Å². The average molecular weight is 286 g/mol. The smallest absolute Gasteiger partial charge is 0.164 e. The molecule has 0 amide bonds. The van der Waals surface area contributed by atoms with Crippen molar-refractivity contribution in [1.82, 2.24) is 0 Å². The Morgan fingerprint density at radius 1 is 1.00 bits per heavy atom. The van der Waals surface area contributed by atoms with Gasteiger partial charge in [-0.1, -0.05) is 19.3 Å². The third-order valence-corrected chi connectivity index (χ3v) is 4.88. The van der Waals surface area contributed by atoms with Crippen LogP contribution >= 0.6 is 0 Å². The van der Waals surface area contributed by atoms with Crippen LogP contribution in [0.25, 0.3) is 0 Å². The minimum Gasteiger partial charge on any atom is -0.387 e. The van der Waals surface area contributed by atoms with Crippen LogP contribution in [0.4, 0.5) is 0 Å². The Balaban J connectivity index is 1.81. The summed E-state index contributed by atoms with van der Waals surface area (Å²) in [6, 6.07) is 0. The molecule has 2 heterocycles. The van der Waals surface area contributed by atoms with E-state index in [-0.39, 0.29) is 12.2 Å². The maximum Gasteiger partial charge on any atom is 0.164 e. The lowest BCUT2D eigenvalue weighted by molar-refractivity contribution is -0.244. The van der Waals surface area contributed by atoms with Crippen LogP contribution in [0.2, 0.25) is 0 Å². The first-order valence-electron chi connectivity index (χ1n) is 7.74. The fourth-order valence-corrected chi connectivity index (χ4v) is 3.90. The van der Waals surface area contributed by atoms with E-state index in [0.717, 1.165) is 19.3 Å². The molecule has 2 N–H and O–H groups in total. The number of hydrogen-bond acceptors (Lipinski definition) is 5. The molecule has 0 aromatic heterocycles. The largest absolute Gasteiger partial charge is 0.387 e. The predicted octanol–water partition coefficient (Wildman–Crippen LogP) is 1.35. The van der Waals surface area contributed by atoms with Crippen LogP contribution in [0.3, 0.4) is 0 Å². The molecule has 0 aromatic rings. The highest BCUT2D eigenvalue weighted by Crippen LogP contribution is 2.43.